The molecular weight excluding hydrogens is 949 g/mol. The number of unbranched alkanes of at least 4 members (excludes halogenated alkanes) is 14. The summed E-state index contributed by atoms with van der Waals surface area (Å²) in [6, 6.07) is 0.757. The summed E-state index contributed by atoms with van der Waals surface area (Å²) in [6.07, 6.45) is 8.61. The van der Waals surface area contributed by atoms with Gasteiger partial charge in [0.15, 0.2) is 46.5 Å². The zero-order valence-electron chi connectivity index (χ0n) is 41.1. The number of sulfonamides is 1. The quantitative estimate of drug-likeness (QED) is 0.0436. The number of fused-ring (bicyclic) bond motifs is 1. The van der Waals surface area contributed by atoms with Crippen molar-refractivity contribution in [1.82, 2.24) is 10.0 Å². The van der Waals surface area contributed by atoms with Crippen molar-refractivity contribution in [2.75, 3.05) is 6.54 Å². The van der Waals surface area contributed by atoms with Gasteiger partial charge < -0.3 is 33.7 Å². The van der Waals surface area contributed by atoms with E-state index in [2.05, 4.69) is 12.2 Å². The van der Waals surface area contributed by atoms with Gasteiger partial charge in [-0.1, -0.05) is 104 Å². The Bertz CT molecular complexity index is 2050. The van der Waals surface area contributed by atoms with E-state index < -0.39 is 114 Å². The van der Waals surface area contributed by atoms with Crippen LogP contribution in [-0.4, -0.2) is 107 Å². The summed E-state index contributed by atoms with van der Waals surface area (Å²) in [6.45, 7) is 12.9. The highest BCUT2D eigenvalue weighted by atomic mass is 32.3. The van der Waals surface area contributed by atoms with Gasteiger partial charge in [-0.2, -0.15) is 0 Å². The number of carbonyl (C=O) groups is 7. The van der Waals surface area contributed by atoms with Crippen LogP contribution in [-0.2, 0) is 81.8 Å². The molecule has 8 atom stereocenters. The molecular formula is C46H74N2O17S3. The lowest BCUT2D eigenvalue weighted by Gasteiger charge is -2.27. The molecule has 0 aromatic carbocycles. The number of hydrogen-bond acceptors (Lipinski definition) is 19. The van der Waals surface area contributed by atoms with E-state index in [4.69, 9.17) is 28.4 Å². The third-order valence-corrected chi connectivity index (χ3v) is 16.9. The van der Waals surface area contributed by atoms with Crippen LogP contribution in [0.3, 0.4) is 0 Å². The molecule has 0 radical (unpaired) electrons. The third-order valence-electron chi connectivity index (χ3n) is 11.2. The topological polar surface area (TPSA) is 267 Å². The predicted molar refractivity (Wildman–Crippen MR) is 250 cm³/mol. The van der Waals surface area contributed by atoms with Crippen LogP contribution in [0.1, 0.15) is 183 Å². The Morgan fingerprint density at radius 3 is 1.37 bits per heavy atom. The summed E-state index contributed by atoms with van der Waals surface area (Å²) in [7, 11) is -8.43. The zero-order valence-corrected chi connectivity index (χ0v) is 43.5. The van der Waals surface area contributed by atoms with Crippen molar-refractivity contribution in [1.29, 1.82) is 0 Å². The average Bonchev–Trinajstić information content (AvgIpc) is 3.75. The number of rotatable bonds is 32. The van der Waals surface area contributed by atoms with Crippen LogP contribution in [0.15, 0.2) is 14.5 Å². The molecule has 2 rings (SSSR count). The SMILES string of the molecule is CCCCCCCCCCCCCCCCCC(=O)O[C@@H](C)C(=O)O[C@@H](C)C(=O)O[C@@H](C)C(=O)O[C@@H](C)C(=O)O[C@@H](C)C(=O)O[C@@H](C)C(=O)NS(=O)(=O)c1cc2c(s1)S(=O)(=O)[C@@H](C)C[C@@H]2NCC. The van der Waals surface area contributed by atoms with E-state index in [1.54, 1.807) is 4.72 Å². The minimum absolute atomic E-state index is 0.125. The molecule has 0 saturated heterocycles. The first-order valence-corrected chi connectivity index (χ1v) is 27.7. The van der Waals surface area contributed by atoms with Crippen molar-refractivity contribution in [3.05, 3.63) is 11.6 Å². The monoisotopic (exact) mass is 1020 g/mol. The standard InChI is InChI=1S/C46H74N2O17S3/c1-10-12-13-14-15-16-17-18-19-20-21-22-23-24-25-26-38(49)60-31(5)41(51)62-33(7)43(53)64-35(9)45(55)65-34(8)44(54)63-32(6)42(52)61-30(4)40(50)48-68(58,59)39-28-36-37(47-11-2)27-29(3)67(56,57)46(36)66-39/h28-35,37,47H,10-27H2,1-9H3,(H,48,50)/t29-,30-,31-,32-,33-,34-,35-,37-/m0/s1. The normalized spacial score (nSPS) is 18.0. The summed E-state index contributed by atoms with van der Waals surface area (Å²) in [5.74, 6) is -7.74. The number of esters is 6. The number of amides is 1. The molecule has 0 fully saturated rings. The number of sulfone groups is 1. The summed E-state index contributed by atoms with van der Waals surface area (Å²) in [5.41, 5.74) is 0.271. The number of nitrogens with one attached hydrogen (secondary N) is 2. The lowest BCUT2D eigenvalue weighted by atomic mass is 10.0. The molecule has 0 bridgehead atoms. The van der Waals surface area contributed by atoms with Gasteiger partial charge in [-0.25, -0.2) is 45.5 Å². The highest BCUT2D eigenvalue weighted by Crippen LogP contribution is 2.42. The van der Waals surface area contributed by atoms with Crippen molar-refractivity contribution in [3.8, 4) is 0 Å². The maximum absolute atomic E-state index is 13.1. The van der Waals surface area contributed by atoms with Crippen LogP contribution < -0.4 is 10.0 Å². The van der Waals surface area contributed by atoms with E-state index in [9.17, 15) is 50.4 Å². The minimum atomic E-state index is -4.61. The number of ether oxygens (including phenoxy) is 6. The first-order valence-electron chi connectivity index (χ1n) is 23.9. The van der Waals surface area contributed by atoms with Gasteiger partial charge in [0.1, 0.15) is 8.42 Å². The summed E-state index contributed by atoms with van der Waals surface area (Å²) < 4.78 is 83.6. The Balaban J connectivity index is 1.70. The molecule has 2 heterocycles. The number of thiophene rings is 1. The smallest absolute Gasteiger partial charge is 0.347 e. The molecule has 0 saturated carbocycles. The molecule has 388 valence electrons. The van der Waals surface area contributed by atoms with Crippen LogP contribution in [0.5, 0.6) is 0 Å². The van der Waals surface area contributed by atoms with Crippen molar-refractivity contribution < 1.29 is 78.8 Å². The summed E-state index contributed by atoms with van der Waals surface area (Å²) in [4.78, 5) is 88.2. The Kier molecular flexibility index (Phi) is 26.3. The molecule has 0 spiro atoms. The van der Waals surface area contributed by atoms with Crippen molar-refractivity contribution in [2.24, 2.45) is 0 Å². The first-order chi connectivity index (χ1) is 32.0. The second kappa shape index (κ2) is 29.8. The van der Waals surface area contributed by atoms with Crippen LogP contribution >= 0.6 is 11.3 Å². The van der Waals surface area contributed by atoms with Gasteiger partial charge in [0.05, 0.1) is 5.25 Å². The summed E-state index contributed by atoms with van der Waals surface area (Å²) >= 11 is 0.497. The van der Waals surface area contributed by atoms with Crippen LogP contribution in [0, 0.1) is 0 Å². The van der Waals surface area contributed by atoms with Gasteiger partial charge >= 0.3 is 35.8 Å². The number of carbonyl (C=O) groups excluding carboxylic acids is 7. The second-order valence-electron chi connectivity index (χ2n) is 17.2. The fraction of sp³-hybridized carbons (Fsp3) is 0.761. The van der Waals surface area contributed by atoms with E-state index in [0.29, 0.717) is 24.3 Å². The number of hydrogen-bond donors (Lipinski definition) is 2. The van der Waals surface area contributed by atoms with Crippen molar-refractivity contribution >= 4 is 72.9 Å². The highest BCUT2D eigenvalue weighted by molar-refractivity contribution is 7.95. The molecule has 0 unspecified atom stereocenters. The third kappa shape index (κ3) is 20.1. The van der Waals surface area contributed by atoms with Gasteiger partial charge in [-0.3, -0.25) is 9.59 Å². The molecule has 1 aromatic heterocycles. The highest BCUT2D eigenvalue weighted by Gasteiger charge is 2.40. The largest absolute Gasteiger partial charge is 0.451 e. The Morgan fingerprint density at radius 2 is 0.971 bits per heavy atom. The molecule has 1 aliphatic heterocycles. The van der Waals surface area contributed by atoms with Crippen molar-refractivity contribution in [3.63, 3.8) is 0 Å². The molecule has 19 nitrogen and oxygen atoms in total. The molecule has 0 aliphatic carbocycles. The molecule has 2 N–H and O–H groups in total. The van der Waals surface area contributed by atoms with Crippen LogP contribution in [0.25, 0.3) is 0 Å². The predicted octanol–water partition coefficient (Wildman–Crippen LogP) is 6.62. The maximum atomic E-state index is 13.1. The molecule has 1 aliphatic rings. The second-order valence-corrected chi connectivity index (χ2v) is 22.7. The van der Waals surface area contributed by atoms with Gasteiger partial charge in [-0.05, 0) is 73.9 Å². The van der Waals surface area contributed by atoms with Crippen molar-refractivity contribution in [2.45, 2.75) is 228 Å². The Hall–Kier alpha value is -4.15. The zero-order chi connectivity index (χ0) is 51.2. The van der Waals surface area contributed by atoms with E-state index in [1.807, 2.05) is 6.92 Å². The average molecular weight is 1020 g/mol. The first kappa shape index (κ1) is 60.0. The fourth-order valence-corrected chi connectivity index (χ4v) is 12.0. The fourth-order valence-electron chi connectivity index (χ4n) is 6.98. The Labute approximate surface area is 406 Å². The van der Waals surface area contributed by atoms with E-state index in [0.717, 1.165) is 47.0 Å². The lowest BCUT2D eigenvalue weighted by molar-refractivity contribution is -0.187. The van der Waals surface area contributed by atoms with Gasteiger partial charge in [0.2, 0.25) is 0 Å². The minimum Gasteiger partial charge on any atom is -0.451 e. The van der Waals surface area contributed by atoms with Gasteiger partial charge in [0.25, 0.3) is 15.9 Å². The molecule has 68 heavy (non-hydrogen) atoms. The van der Waals surface area contributed by atoms with E-state index in [-0.39, 0.29) is 22.6 Å². The lowest BCUT2D eigenvalue weighted by Crippen LogP contribution is -2.41. The Morgan fingerprint density at radius 1 is 0.603 bits per heavy atom. The van der Waals surface area contributed by atoms with Gasteiger partial charge in [-0.15, -0.1) is 11.3 Å². The molecule has 1 amide bonds. The molecule has 1 aromatic rings. The van der Waals surface area contributed by atoms with Crippen LogP contribution in [0.2, 0.25) is 0 Å². The summed E-state index contributed by atoms with van der Waals surface area (Å²) in [5, 5.41) is 2.36. The molecule has 22 heteroatoms. The maximum Gasteiger partial charge on any atom is 0.347 e. The van der Waals surface area contributed by atoms with Gasteiger partial charge in [0, 0.05) is 18.0 Å². The van der Waals surface area contributed by atoms with E-state index >= 15 is 0 Å². The van der Waals surface area contributed by atoms with Crippen LogP contribution in [0.4, 0.5) is 0 Å². The van der Waals surface area contributed by atoms with E-state index in [1.165, 1.54) is 97.5 Å².